The molecule has 7 heteroatoms. The monoisotopic (exact) mass is 338 g/mol. The number of carbonyl (C=O) groups excluding carboxylic acids is 2. The molecule has 2 aliphatic rings. The van der Waals surface area contributed by atoms with Crippen molar-refractivity contribution in [1.82, 2.24) is 10.2 Å². The first-order valence-electron chi connectivity index (χ1n) is 7.66. The molecule has 124 valence electrons. The molecule has 23 heavy (non-hydrogen) atoms. The highest BCUT2D eigenvalue weighted by molar-refractivity contribution is 6.30. The van der Waals surface area contributed by atoms with E-state index in [0.717, 1.165) is 5.56 Å². The van der Waals surface area contributed by atoms with E-state index in [2.05, 4.69) is 5.32 Å². The van der Waals surface area contributed by atoms with Crippen LogP contribution in [-0.2, 0) is 20.7 Å². The van der Waals surface area contributed by atoms with E-state index in [1.54, 1.807) is 30.0 Å². The van der Waals surface area contributed by atoms with Crippen LogP contribution in [0.1, 0.15) is 12.5 Å². The molecule has 0 aliphatic carbocycles. The van der Waals surface area contributed by atoms with Gasteiger partial charge in [-0.05, 0) is 30.7 Å². The molecule has 0 unspecified atom stereocenters. The second kappa shape index (κ2) is 6.76. The minimum absolute atomic E-state index is 0.0970. The number of halogens is 1. The summed E-state index contributed by atoms with van der Waals surface area (Å²) < 4.78 is 10.9. The lowest BCUT2D eigenvalue weighted by Gasteiger charge is -2.29. The number of fused-ring (bicyclic) bond motifs is 1. The van der Waals surface area contributed by atoms with Crippen molar-refractivity contribution in [2.24, 2.45) is 0 Å². The highest BCUT2D eigenvalue weighted by Gasteiger charge is 2.32. The predicted molar refractivity (Wildman–Crippen MR) is 84.6 cm³/mol. The summed E-state index contributed by atoms with van der Waals surface area (Å²) in [6.45, 7) is 3.88. The van der Waals surface area contributed by atoms with Crippen LogP contribution in [0.15, 0.2) is 18.2 Å². The Morgan fingerprint density at radius 2 is 2.09 bits per heavy atom. The molecular formula is C16H19ClN2O4. The van der Waals surface area contributed by atoms with Crippen molar-refractivity contribution in [3.8, 4) is 5.75 Å². The van der Waals surface area contributed by atoms with Crippen molar-refractivity contribution in [2.45, 2.75) is 25.5 Å². The molecular weight excluding hydrogens is 320 g/mol. The molecule has 0 saturated carbocycles. The van der Waals surface area contributed by atoms with Gasteiger partial charge in [0.05, 0.1) is 13.2 Å². The number of nitrogens with one attached hydrogen (secondary N) is 1. The molecule has 1 fully saturated rings. The standard InChI is InChI=1S/C16H19ClN2O4/c1-10(16(21)19-4-6-22-7-5-19)18-15(20)14-9-11-8-12(17)2-3-13(11)23-14/h2-3,8,10,14H,4-7,9H2,1H3,(H,18,20)/t10-,14+/m0/s1. The number of rotatable bonds is 3. The molecule has 0 bridgehead atoms. The van der Waals surface area contributed by atoms with E-state index in [0.29, 0.717) is 43.5 Å². The third kappa shape index (κ3) is 3.59. The fraction of sp³-hybridized carbons (Fsp3) is 0.500. The average Bonchev–Trinajstić information content (AvgIpc) is 2.98. The van der Waals surface area contributed by atoms with Crippen LogP contribution in [0.3, 0.4) is 0 Å². The second-order valence-electron chi connectivity index (χ2n) is 5.73. The molecule has 1 saturated heterocycles. The minimum atomic E-state index is -0.622. The summed E-state index contributed by atoms with van der Waals surface area (Å²) in [6.07, 6.45) is -0.163. The largest absolute Gasteiger partial charge is 0.480 e. The number of hydrogen-bond acceptors (Lipinski definition) is 4. The fourth-order valence-corrected chi connectivity index (χ4v) is 2.98. The minimum Gasteiger partial charge on any atom is -0.480 e. The zero-order valence-electron chi connectivity index (χ0n) is 12.9. The molecule has 0 aromatic heterocycles. The molecule has 6 nitrogen and oxygen atoms in total. The van der Waals surface area contributed by atoms with Gasteiger partial charge in [0.2, 0.25) is 5.91 Å². The van der Waals surface area contributed by atoms with Gasteiger partial charge in [-0.15, -0.1) is 0 Å². The van der Waals surface area contributed by atoms with Gasteiger partial charge in [-0.2, -0.15) is 0 Å². The number of ether oxygens (including phenoxy) is 2. The molecule has 0 radical (unpaired) electrons. The molecule has 1 N–H and O–H groups in total. The van der Waals surface area contributed by atoms with Crippen LogP contribution in [0.4, 0.5) is 0 Å². The van der Waals surface area contributed by atoms with E-state index < -0.39 is 12.1 Å². The summed E-state index contributed by atoms with van der Waals surface area (Å²) >= 11 is 5.95. The maximum atomic E-state index is 12.3. The van der Waals surface area contributed by atoms with Crippen molar-refractivity contribution in [2.75, 3.05) is 26.3 Å². The van der Waals surface area contributed by atoms with Gasteiger partial charge in [-0.3, -0.25) is 9.59 Å². The first kappa shape index (κ1) is 16.1. The van der Waals surface area contributed by atoms with E-state index >= 15 is 0 Å². The Kier molecular flexibility index (Phi) is 4.73. The number of hydrogen-bond donors (Lipinski definition) is 1. The van der Waals surface area contributed by atoms with Gasteiger partial charge >= 0.3 is 0 Å². The SMILES string of the molecule is C[C@H](NC(=O)[C@H]1Cc2cc(Cl)ccc2O1)C(=O)N1CCOCC1. The van der Waals surface area contributed by atoms with Crippen LogP contribution in [0.5, 0.6) is 5.75 Å². The van der Waals surface area contributed by atoms with E-state index in [9.17, 15) is 9.59 Å². The molecule has 0 spiro atoms. The van der Waals surface area contributed by atoms with Crippen molar-refractivity contribution in [1.29, 1.82) is 0 Å². The maximum Gasteiger partial charge on any atom is 0.262 e. The number of morpholine rings is 1. The highest BCUT2D eigenvalue weighted by Crippen LogP contribution is 2.31. The fourth-order valence-electron chi connectivity index (χ4n) is 2.79. The zero-order chi connectivity index (χ0) is 16.4. The summed E-state index contributed by atoms with van der Waals surface area (Å²) in [7, 11) is 0. The van der Waals surface area contributed by atoms with Crippen LogP contribution >= 0.6 is 11.6 Å². The molecule has 2 aliphatic heterocycles. The van der Waals surface area contributed by atoms with Gasteiger partial charge in [0.15, 0.2) is 6.10 Å². The van der Waals surface area contributed by atoms with Gasteiger partial charge in [0.25, 0.3) is 5.91 Å². The molecule has 2 heterocycles. The van der Waals surface area contributed by atoms with E-state index in [1.807, 2.05) is 0 Å². The van der Waals surface area contributed by atoms with Crippen LogP contribution in [-0.4, -0.2) is 55.2 Å². The van der Waals surface area contributed by atoms with Crippen LogP contribution in [0.25, 0.3) is 0 Å². The molecule has 1 aromatic carbocycles. The van der Waals surface area contributed by atoms with E-state index in [-0.39, 0.29) is 11.8 Å². The number of amides is 2. The summed E-state index contributed by atoms with van der Waals surface area (Å²) in [5, 5.41) is 3.35. The molecule has 3 rings (SSSR count). The maximum absolute atomic E-state index is 12.3. The van der Waals surface area contributed by atoms with Crippen LogP contribution < -0.4 is 10.1 Å². The van der Waals surface area contributed by atoms with E-state index in [4.69, 9.17) is 21.1 Å². The number of nitrogens with zero attached hydrogens (tertiary/aromatic N) is 1. The molecule has 2 atom stereocenters. The summed E-state index contributed by atoms with van der Waals surface area (Å²) in [5.41, 5.74) is 0.907. The van der Waals surface area contributed by atoms with Crippen molar-refractivity contribution >= 4 is 23.4 Å². The van der Waals surface area contributed by atoms with Crippen LogP contribution in [0, 0.1) is 0 Å². The quantitative estimate of drug-likeness (QED) is 0.893. The van der Waals surface area contributed by atoms with Crippen LogP contribution in [0.2, 0.25) is 5.02 Å². The van der Waals surface area contributed by atoms with Gasteiger partial charge < -0.3 is 19.7 Å². The Morgan fingerprint density at radius 1 is 1.35 bits per heavy atom. The Hall–Kier alpha value is -1.79. The number of carbonyl (C=O) groups is 2. The average molecular weight is 339 g/mol. The van der Waals surface area contributed by atoms with Crippen molar-refractivity contribution in [3.63, 3.8) is 0 Å². The Labute approximate surface area is 139 Å². The predicted octanol–water partition coefficient (Wildman–Crippen LogP) is 1.01. The Balaban J connectivity index is 1.56. The van der Waals surface area contributed by atoms with Gasteiger partial charge in [0.1, 0.15) is 11.8 Å². The zero-order valence-corrected chi connectivity index (χ0v) is 13.6. The summed E-state index contributed by atoms with van der Waals surface area (Å²) in [4.78, 5) is 26.3. The first-order chi connectivity index (χ1) is 11.0. The lowest BCUT2D eigenvalue weighted by atomic mass is 10.1. The second-order valence-corrected chi connectivity index (χ2v) is 6.17. The highest BCUT2D eigenvalue weighted by atomic mass is 35.5. The normalized spacial score (nSPS) is 21.3. The van der Waals surface area contributed by atoms with E-state index in [1.165, 1.54) is 0 Å². The third-order valence-electron chi connectivity index (χ3n) is 4.04. The van der Waals surface area contributed by atoms with Crippen molar-refractivity contribution in [3.05, 3.63) is 28.8 Å². The van der Waals surface area contributed by atoms with Gasteiger partial charge in [-0.25, -0.2) is 0 Å². The topological polar surface area (TPSA) is 67.9 Å². The summed E-state index contributed by atoms with van der Waals surface area (Å²) in [5.74, 6) is 0.286. The molecule has 2 amide bonds. The third-order valence-corrected chi connectivity index (χ3v) is 4.28. The lowest BCUT2D eigenvalue weighted by Crippen LogP contribution is -2.52. The first-order valence-corrected chi connectivity index (χ1v) is 8.04. The molecule has 1 aromatic rings. The summed E-state index contributed by atoms with van der Waals surface area (Å²) in [6, 6.07) is 4.70. The smallest absolute Gasteiger partial charge is 0.262 e. The van der Waals surface area contributed by atoms with Crippen molar-refractivity contribution < 1.29 is 19.1 Å². The Bertz CT molecular complexity index is 616. The number of benzene rings is 1. The van der Waals surface area contributed by atoms with Gasteiger partial charge in [-0.1, -0.05) is 11.6 Å². The van der Waals surface area contributed by atoms with Gasteiger partial charge in [0, 0.05) is 24.5 Å². The Morgan fingerprint density at radius 3 is 2.83 bits per heavy atom. The lowest BCUT2D eigenvalue weighted by molar-refractivity contribution is -0.140.